The molecular weight excluding hydrogens is 176 g/mol. The fourth-order valence-corrected chi connectivity index (χ4v) is 1.13. The third-order valence-corrected chi connectivity index (χ3v) is 1.76. The second-order valence-electron chi connectivity index (χ2n) is 2.89. The van der Waals surface area contributed by atoms with Gasteiger partial charge in [0, 0.05) is 0 Å². The van der Waals surface area contributed by atoms with Gasteiger partial charge in [-0.3, -0.25) is 0 Å². The fourth-order valence-electron chi connectivity index (χ4n) is 1.13. The first kappa shape index (κ1) is 10.4. The summed E-state index contributed by atoms with van der Waals surface area (Å²) in [7, 11) is 0. The lowest BCUT2D eigenvalue weighted by Gasteiger charge is -2.06. The highest BCUT2D eigenvalue weighted by atomic mass is 16.5. The Kier molecular flexibility index (Phi) is 3.80. The Bertz CT molecular complexity index is 329. The van der Waals surface area contributed by atoms with Crippen molar-refractivity contribution in [2.45, 2.75) is 6.42 Å². The first-order valence-electron chi connectivity index (χ1n) is 4.44. The molecule has 0 atom stereocenters. The average molecular weight is 190 g/mol. The summed E-state index contributed by atoms with van der Waals surface area (Å²) in [6, 6.07) is 5.33. The van der Waals surface area contributed by atoms with E-state index in [1.54, 1.807) is 24.3 Å². The summed E-state index contributed by atoms with van der Waals surface area (Å²) in [5.74, 6) is 0.643. The second kappa shape index (κ2) is 5.12. The van der Waals surface area contributed by atoms with E-state index in [0.717, 1.165) is 12.0 Å². The van der Waals surface area contributed by atoms with Crippen LogP contribution in [0.4, 0.5) is 0 Å². The van der Waals surface area contributed by atoms with Crippen molar-refractivity contribution in [3.05, 3.63) is 49.1 Å². The quantitative estimate of drug-likeness (QED) is 0.723. The summed E-state index contributed by atoms with van der Waals surface area (Å²) >= 11 is 0. The van der Waals surface area contributed by atoms with Crippen molar-refractivity contribution in [2.24, 2.45) is 0 Å². The number of aromatic hydroxyl groups is 1. The highest BCUT2D eigenvalue weighted by molar-refractivity contribution is 5.42. The largest absolute Gasteiger partial charge is 0.504 e. The standard InChI is InChI=1S/C12H14O2/c1-3-5-10-6-7-12(11(13)9-10)14-8-4-2/h3-4,6-7,9,13H,1-2,5,8H2. The Hall–Kier alpha value is -1.70. The maximum Gasteiger partial charge on any atom is 0.161 e. The van der Waals surface area contributed by atoms with E-state index in [9.17, 15) is 5.11 Å². The van der Waals surface area contributed by atoms with E-state index in [1.807, 2.05) is 6.07 Å². The Balaban J connectivity index is 2.78. The van der Waals surface area contributed by atoms with Crippen molar-refractivity contribution in [3.8, 4) is 11.5 Å². The molecule has 0 saturated carbocycles. The molecule has 14 heavy (non-hydrogen) atoms. The molecule has 0 aliphatic carbocycles. The third kappa shape index (κ3) is 2.66. The maximum atomic E-state index is 9.55. The Morgan fingerprint density at radius 3 is 2.64 bits per heavy atom. The maximum absolute atomic E-state index is 9.55. The lowest BCUT2D eigenvalue weighted by molar-refractivity contribution is 0.336. The van der Waals surface area contributed by atoms with E-state index in [1.165, 1.54) is 0 Å². The first-order chi connectivity index (χ1) is 6.77. The minimum Gasteiger partial charge on any atom is -0.504 e. The molecular formula is C12H14O2. The van der Waals surface area contributed by atoms with Crippen molar-refractivity contribution in [1.82, 2.24) is 0 Å². The summed E-state index contributed by atoms with van der Waals surface area (Å²) in [4.78, 5) is 0. The van der Waals surface area contributed by atoms with Gasteiger partial charge in [-0.2, -0.15) is 0 Å². The number of rotatable bonds is 5. The fraction of sp³-hybridized carbons (Fsp3) is 0.167. The van der Waals surface area contributed by atoms with Gasteiger partial charge in [-0.15, -0.1) is 6.58 Å². The zero-order valence-electron chi connectivity index (χ0n) is 8.07. The Morgan fingerprint density at radius 1 is 1.29 bits per heavy atom. The van der Waals surface area contributed by atoms with Crippen LogP contribution in [0.15, 0.2) is 43.5 Å². The van der Waals surface area contributed by atoms with Gasteiger partial charge in [-0.05, 0) is 24.1 Å². The monoisotopic (exact) mass is 190 g/mol. The van der Waals surface area contributed by atoms with Crippen molar-refractivity contribution in [3.63, 3.8) is 0 Å². The smallest absolute Gasteiger partial charge is 0.161 e. The zero-order chi connectivity index (χ0) is 10.4. The van der Waals surface area contributed by atoms with Gasteiger partial charge < -0.3 is 9.84 Å². The van der Waals surface area contributed by atoms with Crippen LogP contribution in [0.25, 0.3) is 0 Å². The van der Waals surface area contributed by atoms with Gasteiger partial charge in [0.1, 0.15) is 6.61 Å². The number of hydrogen-bond donors (Lipinski definition) is 1. The highest BCUT2D eigenvalue weighted by Crippen LogP contribution is 2.26. The molecule has 2 heteroatoms. The molecule has 0 spiro atoms. The van der Waals surface area contributed by atoms with Gasteiger partial charge in [0.2, 0.25) is 0 Å². The van der Waals surface area contributed by atoms with Crippen LogP contribution in [0.5, 0.6) is 11.5 Å². The number of hydrogen-bond acceptors (Lipinski definition) is 2. The summed E-state index contributed by atoms with van der Waals surface area (Å²) in [5, 5.41) is 9.55. The molecule has 0 radical (unpaired) electrons. The molecule has 0 aliphatic rings. The van der Waals surface area contributed by atoms with Crippen LogP contribution in [-0.4, -0.2) is 11.7 Å². The normalized spacial score (nSPS) is 9.43. The van der Waals surface area contributed by atoms with Gasteiger partial charge in [-0.1, -0.05) is 24.8 Å². The number of benzene rings is 1. The molecule has 2 nitrogen and oxygen atoms in total. The van der Waals surface area contributed by atoms with E-state index in [2.05, 4.69) is 13.2 Å². The minimum atomic E-state index is 0.159. The molecule has 0 bridgehead atoms. The van der Waals surface area contributed by atoms with Crippen LogP contribution in [0.2, 0.25) is 0 Å². The zero-order valence-corrected chi connectivity index (χ0v) is 8.07. The van der Waals surface area contributed by atoms with Gasteiger partial charge in [0.25, 0.3) is 0 Å². The van der Waals surface area contributed by atoms with Gasteiger partial charge in [0.05, 0.1) is 0 Å². The topological polar surface area (TPSA) is 29.5 Å². The van der Waals surface area contributed by atoms with Crippen molar-refractivity contribution >= 4 is 0 Å². The molecule has 0 amide bonds. The number of phenolic OH excluding ortho intramolecular Hbond substituents is 1. The molecule has 0 heterocycles. The minimum absolute atomic E-state index is 0.159. The first-order valence-corrected chi connectivity index (χ1v) is 4.44. The molecule has 0 fully saturated rings. The summed E-state index contributed by atoms with van der Waals surface area (Å²) < 4.78 is 5.23. The van der Waals surface area contributed by atoms with Crippen LogP contribution in [0.1, 0.15) is 5.56 Å². The van der Waals surface area contributed by atoms with Crippen LogP contribution in [0, 0.1) is 0 Å². The summed E-state index contributed by atoms with van der Waals surface area (Å²) in [5.41, 5.74) is 1.02. The highest BCUT2D eigenvalue weighted by Gasteiger charge is 2.01. The van der Waals surface area contributed by atoms with Crippen LogP contribution < -0.4 is 4.74 Å². The van der Waals surface area contributed by atoms with Crippen molar-refractivity contribution in [2.75, 3.05) is 6.61 Å². The average Bonchev–Trinajstić information content (AvgIpc) is 2.17. The van der Waals surface area contributed by atoms with Crippen LogP contribution in [-0.2, 0) is 6.42 Å². The molecule has 1 N–H and O–H groups in total. The third-order valence-electron chi connectivity index (χ3n) is 1.76. The molecule has 0 saturated heterocycles. The SMILES string of the molecule is C=CCOc1ccc(CC=C)cc1O. The van der Waals surface area contributed by atoms with Gasteiger partial charge in [0.15, 0.2) is 11.5 Å². The lowest BCUT2D eigenvalue weighted by atomic mass is 10.1. The molecule has 0 aromatic heterocycles. The van der Waals surface area contributed by atoms with E-state index >= 15 is 0 Å². The van der Waals surface area contributed by atoms with Gasteiger partial charge >= 0.3 is 0 Å². The van der Waals surface area contributed by atoms with Crippen molar-refractivity contribution < 1.29 is 9.84 Å². The van der Waals surface area contributed by atoms with Crippen LogP contribution >= 0.6 is 0 Å². The van der Waals surface area contributed by atoms with Crippen molar-refractivity contribution in [1.29, 1.82) is 0 Å². The van der Waals surface area contributed by atoms with E-state index in [-0.39, 0.29) is 5.75 Å². The van der Waals surface area contributed by atoms with E-state index in [4.69, 9.17) is 4.74 Å². The number of phenols is 1. The number of ether oxygens (including phenoxy) is 1. The van der Waals surface area contributed by atoms with E-state index < -0.39 is 0 Å². The molecule has 0 unspecified atom stereocenters. The molecule has 74 valence electrons. The second-order valence-corrected chi connectivity index (χ2v) is 2.89. The van der Waals surface area contributed by atoms with Crippen LogP contribution in [0.3, 0.4) is 0 Å². The summed E-state index contributed by atoms with van der Waals surface area (Å²) in [6.45, 7) is 7.56. The number of allylic oxidation sites excluding steroid dienone is 1. The Labute approximate surface area is 84.1 Å². The lowest BCUT2D eigenvalue weighted by Crippen LogP contribution is -1.93. The predicted octanol–water partition coefficient (Wildman–Crippen LogP) is 2.69. The molecule has 1 aromatic rings. The molecule has 0 aliphatic heterocycles. The summed E-state index contributed by atoms with van der Waals surface area (Å²) in [6.07, 6.45) is 4.17. The Morgan fingerprint density at radius 2 is 2.07 bits per heavy atom. The molecule has 1 rings (SSSR count). The predicted molar refractivity (Wildman–Crippen MR) is 57.7 cm³/mol. The van der Waals surface area contributed by atoms with Gasteiger partial charge in [-0.25, -0.2) is 0 Å². The molecule has 1 aromatic carbocycles. The van der Waals surface area contributed by atoms with E-state index in [0.29, 0.717) is 12.4 Å².